The van der Waals surface area contributed by atoms with Gasteiger partial charge in [-0.2, -0.15) is 0 Å². The molecule has 0 saturated heterocycles. The first kappa shape index (κ1) is 7.90. The van der Waals surface area contributed by atoms with Crippen LogP contribution in [-0.2, 0) is 14.5 Å². The second-order valence-electron chi connectivity index (χ2n) is 1.35. The summed E-state index contributed by atoms with van der Waals surface area (Å²) in [6, 6.07) is 0. The first-order valence-electron chi connectivity index (χ1n) is 2.21. The van der Waals surface area contributed by atoms with Gasteiger partial charge in [0.05, 0.1) is 12.8 Å². The fourth-order valence-electron chi connectivity index (χ4n) is 0.251. The number of rotatable bonds is 3. The van der Waals surface area contributed by atoms with Gasteiger partial charge in [0.15, 0.2) is 0 Å². The summed E-state index contributed by atoms with van der Waals surface area (Å²) < 4.78 is 0. The van der Waals surface area contributed by atoms with Gasteiger partial charge in [-0.15, -0.1) is 0 Å². The average Bonchev–Trinajstić information content (AvgIpc) is 1.83. The third-order valence-corrected chi connectivity index (χ3v) is 0.636. The van der Waals surface area contributed by atoms with Gasteiger partial charge in [0.2, 0.25) is 0 Å². The van der Waals surface area contributed by atoms with Crippen LogP contribution in [0.25, 0.3) is 0 Å². The SMILES string of the molecule is O=C(O)CCC(=O)O[O-]. The van der Waals surface area contributed by atoms with E-state index in [0.717, 1.165) is 0 Å². The van der Waals surface area contributed by atoms with Crippen LogP contribution in [0.3, 0.4) is 0 Å². The Morgan fingerprint density at radius 2 is 2.00 bits per heavy atom. The summed E-state index contributed by atoms with van der Waals surface area (Å²) in [6.07, 6.45) is -0.722. The Hall–Kier alpha value is -1.10. The Bertz CT molecular complexity index is 118. The quantitative estimate of drug-likeness (QED) is 0.380. The van der Waals surface area contributed by atoms with E-state index in [4.69, 9.17) is 5.11 Å². The molecular weight excluding hydrogens is 128 g/mol. The van der Waals surface area contributed by atoms with Crippen LogP contribution in [0.5, 0.6) is 0 Å². The second kappa shape index (κ2) is 3.85. The molecule has 0 atom stereocenters. The Morgan fingerprint density at radius 1 is 1.44 bits per heavy atom. The monoisotopic (exact) mass is 133 g/mol. The standard InChI is InChI=1S/C4H6O5/c5-3(6)1-2-4(7)9-8/h8H,1-2H2,(H,5,6)/p-1. The minimum Gasteiger partial charge on any atom is -0.662 e. The summed E-state index contributed by atoms with van der Waals surface area (Å²) in [6.45, 7) is 0. The molecule has 5 heteroatoms. The van der Waals surface area contributed by atoms with E-state index in [1.807, 2.05) is 0 Å². The predicted octanol–water partition coefficient (Wildman–Crippen LogP) is -1.33. The predicted molar refractivity (Wildman–Crippen MR) is 23.0 cm³/mol. The van der Waals surface area contributed by atoms with Gasteiger partial charge in [0, 0.05) is 0 Å². The molecule has 0 aliphatic rings. The van der Waals surface area contributed by atoms with Crippen molar-refractivity contribution in [3.8, 4) is 0 Å². The normalized spacial score (nSPS) is 8.56. The van der Waals surface area contributed by atoms with Crippen molar-refractivity contribution in [2.45, 2.75) is 12.8 Å². The highest BCUT2D eigenvalue weighted by atomic mass is 17.1. The third-order valence-electron chi connectivity index (χ3n) is 0.636. The zero-order valence-electron chi connectivity index (χ0n) is 4.49. The number of carbonyl (C=O) groups excluding carboxylic acids is 1. The summed E-state index contributed by atoms with van der Waals surface area (Å²) in [5.74, 6) is -2.17. The number of hydrogen-bond acceptors (Lipinski definition) is 4. The van der Waals surface area contributed by atoms with Crippen molar-refractivity contribution < 1.29 is 24.8 Å². The van der Waals surface area contributed by atoms with E-state index in [1.54, 1.807) is 0 Å². The lowest BCUT2D eigenvalue weighted by Crippen LogP contribution is -2.14. The van der Waals surface area contributed by atoms with E-state index in [9.17, 15) is 14.8 Å². The van der Waals surface area contributed by atoms with E-state index >= 15 is 0 Å². The van der Waals surface area contributed by atoms with Crippen LogP contribution in [0, 0.1) is 0 Å². The Balaban J connectivity index is 3.28. The highest BCUT2D eigenvalue weighted by Gasteiger charge is 2.01. The molecule has 0 bridgehead atoms. The molecule has 0 fully saturated rings. The lowest BCUT2D eigenvalue weighted by Gasteiger charge is -2.02. The first-order chi connectivity index (χ1) is 4.16. The van der Waals surface area contributed by atoms with Gasteiger partial charge in [-0.25, -0.2) is 0 Å². The highest BCUT2D eigenvalue weighted by Crippen LogP contribution is 1.88. The minimum atomic E-state index is -1.12. The molecule has 0 heterocycles. The van der Waals surface area contributed by atoms with Crippen LogP contribution < -0.4 is 5.26 Å². The Kier molecular flexibility index (Phi) is 3.38. The Labute approximate surface area is 50.8 Å². The summed E-state index contributed by atoms with van der Waals surface area (Å²) >= 11 is 0. The van der Waals surface area contributed by atoms with Crippen molar-refractivity contribution in [3.63, 3.8) is 0 Å². The third kappa shape index (κ3) is 4.76. The molecule has 0 aromatic heterocycles. The molecule has 9 heavy (non-hydrogen) atoms. The van der Waals surface area contributed by atoms with Crippen molar-refractivity contribution in [2.24, 2.45) is 0 Å². The van der Waals surface area contributed by atoms with E-state index in [-0.39, 0.29) is 12.8 Å². The zero-order chi connectivity index (χ0) is 7.28. The maximum atomic E-state index is 9.92. The van der Waals surface area contributed by atoms with Crippen LogP contribution in [0.15, 0.2) is 0 Å². The lowest BCUT2D eigenvalue weighted by atomic mass is 10.3. The second-order valence-corrected chi connectivity index (χ2v) is 1.35. The molecule has 0 aliphatic carbocycles. The summed E-state index contributed by atoms with van der Waals surface area (Å²) in [7, 11) is 0. The number of aliphatic carboxylic acids is 1. The van der Waals surface area contributed by atoms with Crippen molar-refractivity contribution >= 4 is 11.9 Å². The molecule has 0 amide bonds. The van der Waals surface area contributed by atoms with E-state index in [0.29, 0.717) is 0 Å². The fraction of sp³-hybridized carbons (Fsp3) is 0.500. The molecule has 0 spiro atoms. The maximum absolute atomic E-state index is 9.92. The molecule has 0 radical (unpaired) electrons. The molecule has 0 aromatic carbocycles. The summed E-state index contributed by atoms with van der Waals surface area (Å²) in [4.78, 5) is 22.6. The Morgan fingerprint density at radius 3 is 2.33 bits per heavy atom. The first-order valence-corrected chi connectivity index (χ1v) is 2.21. The van der Waals surface area contributed by atoms with Crippen LogP contribution in [0.1, 0.15) is 12.8 Å². The van der Waals surface area contributed by atoms with Crippen molar-refractivity contribution in [1.82, 2.24) is 0 Å². The summed E-state index contributed by atoms with van der Waals surface area (Å²) in [5, 5.41) is 17.1. The van der Waals surface area contributed by atoms with E-state index in [2.05, 4.69) is 4.89 Å². The van der Waals surface area contributed by atoms with Crippen LogP contribution in [-0.4, -0.2) is 17.0 Å². The molecule has 1 N–H and O–H groups in total. The van der Waals surface area contributed by atoms with Gasteiger partial charge in [-0.05, 0) is 0 Å². The number of carboxylic acid groups (broad SMARTS) is 1. The maximum Gasteiger partial charge on any atom is 0.303 e. The van der Waals surface area contributed by atoms with Gasteiger partial charge in [-0.1, -0.05) is 0 Å². The molecular formula is C4H5O5-. The van der Waals surface area contributed by atoms with Crippen molar-refractivity contribution in [3.05, 3.63) is 0 Å². The largest absolute Gasteiger partial charge is 0.662 e. The van der Waals surface area contributed by atoms with Crippen LogP contribution in [0.4, 0.5) is 0 Å². The van der Waals surface area contributed by atoms with Gasteiger partial charge in [0.25, 0.3) is 0 Å². The van der Waals surface area contributed by atoms with Gasteiger partial charge >= 0.3 is 11.9 Å². The molecule has 5 nitrogen and oxygen atoms in total. The molecule has 0 rings (SSSR count). The number of hydrogen-bond donors (Lipinski definition) is 1. The lowest BCUT2D eigenvalue weighted by molar-refractivity contribution is -0.657. The van der Waals surface area contributed by atoms with Gasteiger partial charge < -0.3 is 15.3 Å². The average molecular weight is 133 g/mol. The van der Waals surface area contributed by atoms with Crippen LogP contribution >= 0.6 is 0 Å². The number of carbonyl (C=O) groups is 2. The van der Waals surface area contributed by atoms with Crippen molar-refractivity contribution in [1.29, 1.82) is 0 Å². The summed E-state index contributed by atoms with van der Waals surface area (Å²) in [5.41, 5.74) is 0. The zero-order valence-corrected chi connectivity index (χ0v) is 4.49. The smallest absolute Gasteiger partial charge is 0.303 e. The number of carboxylic acids is 1. The molecule has 0 aromatic rings. The topological polar surface area (TPSA) is 86.7 Å². The van der Waals surface area contributed by atoms with E-state index in [1.165, 1.54) is 0 Å². The molecule has 0 unspecified atom stereocenters. The molecule has 0 aliphatic heterocycles. The molecule has 0 saturated carbocycles. The fourth-order valence-corrected chi connectivity index (χ4v) is 0.251. The van der Waals surface area contributed by atoms with Crippen LogP contribution in [0.2, 0.25) is 0 Å². The molecule has 52 valence electrons. The van der Waals surface area contributed by atoms with Gasteiger partial charge in [-0.3, -0.25) is 9.59 Å². The van der Waals surface area contributed by atoms with Gasteiger partial charge in [0.1, 0.15) is 0 Å². The van der Waals surface area contributed by atoms with Crippen molar-refractivity contribution in [2.75, 3.05) is 0 Å². The minimum absolute atomic E-state index is 0.360. The van der Waals surface area contributed by atoms with E-state index < -0.39 is 11.9 Å². The highest BCUT2D eigenvalue weighted by molar-refractivity contribution is 5.75.